The van der Waals surface area contributed by atoms with Crippen molar-refractivity contribution in [1.82, 2.24) is 10.3 Å². The lowest BCUT2D eigenvalue weighted by Gasteiger charge is -2.04. The van der Waals surface area contributed by atoms with E-state index in [9.17, 15) is 4.79 Å². The first-order chi connectivity index (χ1) is 9.22. The second kappa shape index (κ2) is 6.31. The molecule has 0 aromatic carbocycles. The van der Waals surface area contributed by atoms with Crippen molar-refractivity contribution < 1.29 is 4.79 Å². The number of thiophene rings is 1. The van der Waals surface area contributed by atoms with E-state index in [0.29, 0.717) is 17.9 Å². The molecule has 19 heavy (non-hydrogen) atoms. The zero-order valence-electron chi connectivity index (χ0n) is 10.6. The molecule has 2 rings (SSSR count). The lowest BCUT2D eigenvalue weighted by atomic mass is 10.3. The summed E-state index contributed by atoms with van der Waals surface area (Å²) in [4.78, 5) is 18.4. The fourth-order valence-corrected chi connectivity index (χ4v) is 2.48. The smallest absolute Gasteiger partial charge is 0.270 e. The van der Waals surface area contributed by atoms with E-state index in [2.05, 4.69) is 28.7 Å². The fourth-order valence-electron chi connectivity index (χ4n) is 1.58. The van der Waals surface area contributed by atoms with Gasteiger partial charge < -0.3 is 10.7 Å². The van der Waals surface area contributed by atoms with Crippen molar-refractivity contribution in [2.45, 2.75) is 19.9 Å². The summed E-state index contributed by atoms with van der Waals surface area (Å²) in [5.74, 6) is 5.05. The molecule has 0 bridgehead atoms. The highest BCUT2D eigenvalue weighted by Gasteiger charge is 2.07. The monoisotopic (exact) mass is 276 g/mol. The molecule has 2 heterocycles. The molecule has 0 unspecified atom stereocenters. The molecule has 0 atom stereocenters. The zero-order chi connectivity index (χ0) is 13.7. The number of carbonyl (C=O) groups is 1. The minimum Gasteiger partial charge on any atom is -0.346 e. The average molecular weight is 276 g/mol. The van der Waals surface area contributed by atoms with Gasteiger partial charge in [-0.3, -0.25) is 10.6 Å². The topological polar surface area (TPSA) is 80.0 Å². The maximum absolute atomic E-state index is 11.9. The summed E-state index contributed by atoms with van der Waals surface area (Å²) in [6.45, 7) is 2.65. The Morgan fingerprint density at radius 2 is 2.11 bits per heavy atom. The number of aryl methyl sites for hydroxylation is 1. The summed E-state index contributed by atoms with van der Waals surface area (Å²) in [6.07, 6.45) is 2.54. The number of hydrogen-bond acceptors (Lipinski definition) is 5. The SMILES string of the molecule is CCc1ccc(CNC(=O)c2ccc(NN)cn2)s1. The van der Waals surface area contributed by atoms with Crippen LogP contribution in [-0.4, -0.2) is 10.9 Å². The number of carbonyl (C=O) groups excluding carboxylic acids is 1. The highest BCUT2D eigenvalue weighted by Crippen LogP contribution is 2.16. The minimum atomic E-state index is -0.185. The highest BCUT2D eigenvalue weighted by molar-refractivity contribution is 7.11. The predicted octanol–water partition coefficient (Wildman–Crippen LogP) is 1.92. The van der Waals surface area contributed by atoms with E-state index in [1.165, 1.54) is 11.1 Å². The molecule has 0 saturated heterocycles. The molecule has 2 aromatic rings. The van der Waals surface area contributed by atoms with E-state index in [1.807, 2.05) is 6.07 Å². The summed E-state index contributed by atoms with van der Waals surface area (Å²) in [5.41, 5.74) is 3.52. The van der Waals surface area contributed by atoms with Gasteiger partial charge in [0.2, 0.25) is 0 Å². The van der Waals surface area contributed by atoms with E-state index < -0.39 is 0 Å². The van der Waals surface area contributed by atoms with Gasteiger partial charge in [-0.1, -0.05) is 6.92 Å². The van der Waals surface area contributed by atoms with Crippen LogP contribution >= 0.6 is 11.3 Å². The number of pyridine rings is 1. The van der Waals surface area contributed by atoms with E-state index in [4.69, 9.17) is 5.84 Å². The molecule has 0 saturated carbocycles. The summed E-state index contributed by atoms with van der Waals surface area (Å²) < 4.78 is 0. The van der Waals surface area contributed by atoms with Crippen LogP contribution in [0.5, 0.6) is 0 Å². The Kier molecular flexibility index (Phi) is 4.48. The maximum atomic E-state index is 11.9. The molecule has 0 radical (unpaired) electrons. The van der Waals surface area contributed by atoms with Crippen molar-refractivity contribution >= 4 is 22.9 Å². The Bertz CT molecular complexity index is 550. The van der Waals surface area contributed by atoms with Crippen LogP contribution < -0.4 is 16.6 Å². The van der Waals surface area contributed by atoms with E-state index in [1.54, 1.807) is 23.5 Å². The van der Waals surface area contributed by atoms with Crippen LogP contribution in [-0.2, 0) is 13.0 Å². The second-order valence-electron chi connectivity index (χ2n) is 3.98. The quantitative estimate of drug-likeness (QED) is 0.576. The van der Waals surface area contributed by atoms with Crippen LogP contribution in [0, 0.1) is 0 Å². The van der Waals surface area contributed by atoms with Crippen LogP contribution in [0.4, 0.5) is 5.69 Å². The maximum Gasteiger partial charge on any atom is 0.270 e. The summed E-state index contributed by atoms with van der Waals surface area (Å²) in [5, 5.41) is 2.85. The van der Waals surface area contributed by atoms with Gasteiger partial charge in [-0.25, -0.2) is 4.98 Å². The predicted molar refractivity (Wildman–Crippen MR) is 76.9 cm³/mol. The molecule has 100 valence electrons. The molecule has 6 heteroatoms. The largest absolute Gasteiger partial charge is 0.346 e. The van der Waals surface area contributed by atoms with Crippen LogP contribution in [0.3, 0.4) is 0 Å². The van der Waals surface area contributed by atoms with Gasteiger partial charge in [0.1, 0.15) is 5.69 Å². The zero-order valence-corrected chi connectivity index (χ0v) is 11.5. The molecule has 4 N–H and O–H groups in total. The Labute approximate surface area is 115 Å². The third-order valence-electron chi connectivity index (χ3n) is 2.65. The molecule has 0 aliphatic rings. The lowest BCUT2D eigenvalue weighted by Crippen LogP contribution is -2.23. The first-order valence-corrected chi connectivity index (χ1v) is 6.83. The van der Waals surface area contributed by atoms with Gasteiger partial charge in [-0.05, 0) is 30.7 Å². The molecule has 0 aliphatic carbocycles. The van der Waals surface area contributed by atoms with Gasteiger partial charge in [-0.2, -0.15) is 0 Å². The van der Waals surface area contributed by atoms with Crippen LogP contribution in [0.25, 0.3) is 0 Å². The first-order valence-electron chi connectivity index (χ1n) is 6.01. The number of hydrogen-bond donors (Lipinski definition) is 3. The van der Waals surface area contributed by atoms with Crippen molar-refractivity contribution in [3.63, 3.8) is 0 Å². The lowest BCUT2D eigenvalue weighted by molar-refractivity contribution is 0.0946. The van der Waals surface area contributed by atoms with Gasteiger partial charge in [0, 0.05) is 9.75 Å². The number of anilines is 1. The van der Waals surface area contributed by atoms with Crippen molar-refractivity contribution in [1.29, 1.82) is 0 Å². The number of nitrogens with one attached hydrogen (secondary N) is 2. The molecule has 2 aromatic heterocycles. The van der Waals surface area contributed by atoms with Crippen molar-refractivity contribution in [3.8, 4) is 0 Å². The van der Waals surface area contributed by atoms with Crippen molar-refractivity contribution in [3.05, 3.63) is 45.9 Å². The van der Waals surface area contributed by atoms with Crippen LogP contribution in [0.2, 0.25) is 0 Å². The fraction of sp³-hybridized carbons (Fsp3) is 0.231. The van der Waals surface area contributed by atoms with E-state index >= 15 is 0 Å². The molecule has 0 spiro atoms. The highest BCUT2D eigenvalue weighted by atomic mass is 32.1. The molecule has 5 nitrogen and oxygen atoms in total. The number of rotatable bonds is 5. The van der Waals surface area contributed by atoms with Gasteiger partial charge in [0.15, 0.2) is 0 Å². The van der Waals surface area contributed by atoms with Crippen LogP contribution in [0.1, 0.15) is 27.2 Å². The normalized spacial score (nSPS) is 10.2. The number of amides is 1. The summed E-state index contributed by atoms with van der Waals surface area (Å²) in [6, 6.07) is 7.48. The second-order valence-corrected chi connectivity index (χ2v) is 5.23. The molecule has 1 amide bonds. The Hall–Kier alpha value is -1.92. The summed E-state index contributed by atoms with van der Waals surface area (Å²) in [7, 11) is 0. The molecular weight excluding hydrogens is 260 g/mol. The van der Waals surface area contributed by atoms with Crippen molar-refractivity contribution in [2.75, 3.05) is 5.43 Å². The molecule has 0 fully saturated rings. The van der Waals surface area contributed by atoms with Crippen LogP contribution in [0.15, 0.2) is 30.5 Å². The van der Waals surface area contributed by atoms with Gasteiger partial charge in [0.05, 0.1) is 18.4 Å². The number of nitrogen functional groups attached to an aromatic ring is 1. The number of nitrogens with two attached hydrogens (primary N) is 1. The van der Waals surface area contributed by atoms with E-state index in [0.717, 1.165) is 11.3 Å². The van der Waals surface area contributed by atoms with Gasteiger partial charge in [0.25, 0.3) is 5.91 Å². The Morgan fingerprint density at radius 3 is 2.68 bits per heavy atom. The van der Waals surface area contributed by atoms with Crippen molar-refractivity contribution in [2.24, 2.45) is 5.84 Å². The Morgan fingerprint density at radius 1 is 1.32 bits per heavy atom. The minimum absolute atomic E-state index is 0.185. The Balaban J connectivity index is 1.93. The number of nitrogens with zero attached hydrogens (tertiary/aromatic N) is 1. The van der Waals surface area contributed by atoms with E-state index in [-0.39, 0.29) is 5.91 Å². The number of aromatic nitrogens is 1. The molecule has 0 aliphatic heterocycles. The third-order valence-corrected chi connectivity index (χ3v) is 3.88. The average Bonchev–Trinajstić information content (AvgIpc) is 2.93. The number of hydrazine groups is 1. The van der Waals surface area contributed by atoms with Gasteiger partial charge in [-0.15, -0.1) is 11.3 Å². The molecular formula is C13H16N4OS. The van der Waals surface area contributed by atoms with Gasteiger partial charge >= 0.3 is 0 Å². The standard InChI is InChI=1S/C13H16N4OS/c1-2-10-4-5-11(19-10)8-16-13(18)12-6-3-9(17-14)7-15-12/h3-7,17H,2,8,14H2,1H3,(H,16,18). The summed E-state index contributed by atoms with van der Waals surface area (Å²) >= 11 is 1.71. The third kappa shape index (κ3) is 3.52. The first kappa shape index (κ1) is 13.5.